The van der Waals surface area contributed by atoms with E-state index in [2.05, 4.69) is 0 Å². The first-order chi connectivity index (χ1) is 8.07. The fourth-order valence-electron chi connectivity index (χ4n) is 1.47. The first kappa shape index (κ1) is 13.6. The number of anilines is 1. The van der Waals surface area contributed by atoms with E-state index in [0.29, 0.717) is 18.6 Å². The van der Waals surface area contributed by atoms with Crippen LogP contribution >= 0.6 is 12.2 Å². The van der Waals surface area contributed by atoms with Crippen LogP contribution in [-0.4, -0.2) is 31.7 Å². The summed E-state index contributed by atoms with van der Waals surface area (Å²) in [5.41, 5.74) is 7.05. The van der Waals surface area contributed by atoms with Gasteiger partial charge in [0.1, 0.15) is 4.99 Å². The molecule has 1 amide bonds. The van der Waals surface area contributed by atoms with Crippen molar-refractivity contribution < 1.29 is 9.53 Å². The lowest BCUT2D eigenvalue weighted by Crippen LogP contribution is -2.29. The van der Waals surface area contributed by atoms with Crippen LogP contribution < -0.4 is 10.6 Å². The Hall–Kier alpha value is -1.46. The van der Waals surface area contributed by atoms with Gasteiger partial charge < -0.3 is 15.4 Å². The molecule has 0 unspecified atom stereocenters. The van der Waals surface area contributed by atoms with Crippen LogP contribution in [0.4, 0.5) is 5.69 Å². The maximum Gasteiger partial charge on any atom is 0.229 e. The van der Waals surface area contributed by atoms with Crippen molar-refractivity contribution in [2.75, 3.05) is 25.7 Å². The van der Waals surface area contributed by atoms with Crippen LogP contribution in [0.25, 0.3) is 0 Å². The number of carbonyl (C=O) groups excluding carboxylic acids is 1. The lowest BCUT2D eigenvalue weighted by atomic mass is 10.1. The zero-order valence-corrected chi connectivity index (χ0v) is 10.8. The number of rotatable bonds is 5. The summed E-state index contributed by atoms with van der Waals surface area (Å²) in [4.78, 5) is 13.7. The van der Waals surface area contributed by atoms with E-state index < -0.39 is 0 Å². The molecule has 2 N–H and O–H groups in total. The van der Waals surface area contributed by atoms with Gasteiger partial charge in [0.15, 0.2) is 0 Å². The number of ether oxygens (including phenoxy) is 1. The standard InChI is InChI=1S/C12H16N2O2S/c1-14(11(15)7-8-16-2)10-6-4-3-5-9(10)12(13)17/h3-6H,7-8H2,1-2H3,(H2,13,17). The van der Waals surface area contributed by atoms with Gasteiger partial charge in [0.2, 0.25) is 5.91 Å². The molecule has 0 aliphatic rings. The van der Waals surface area contributed by atoms with Gasteiger partial charge in [-0.3, -0.25) is 4.79 Å². The molecule has 0 heterocycles. The predicted molar refractivity (Wildman–Crippen MR) is 72.2 cm³/mol. The molecule has 92 valence electrons. The summed E-state index contributed by atoms with van der Waals surface area (Å²) in [5, 5.41) is 0. The highest BCUT2D eigenvalue weighted by atomic mass is 32.1. The molecule has 0 spiro atoms. The van der Waals surface area contributed by atoms with E-state index in [4.69, 9.17) is 22.7 Å². The minimum absolute atomic E-state index is 0.0319. The van der Waals surface area contributed by atoms with E-state index in [1.807, 2.05) is 18.2 Å². The van der Waals surface area contributed by atoms with Crippen LogP contribution in [-0.2, 0) is 9.53 Å². The third kappa shape index (κ3) is 3.51. The van der Waals surface area contributed by atoms with Gasteiger partial charge in [-0.25, -0.2) is 0 Å². The van der Waals surface area contributed by atoms with Crippen LogP contribution in [0.2, 0.25) is 0 Å². The highest BCUT2D eigenvalue weighted by Gasteiger charge is 2.14. The number of para-hydroxylation sites is 1. The van der Waals surface area contributed by atoms with Crippen molar-refractivity contribution in [2.45, 2.75) is 6.42 Å². The normalized spacial score (nSPS) is 10.0. The van der Waals surface area contributed by atoms with Gasteiger partial charge in [0, 0.05) is 19.7 Å². The van der Waals surface area contributed by atoms with Crippen LogP contribution in [0.1, 0.15) is 12.0 Å². The van der Waals surface area contributed by atoms with Crippen molar-refractivity contribution in [3.05, 3.63) is 29.8 Å². The van der Waals surface area contributed by atoms with Crippen LogP contribution in [0.5, 0.6) is 0 Å². The molecule has 0 saturated carbocycles. The molecule has 5 heteroatoms. The molecule has 0 atom stereocenters. The summed E-state index contributed by atoms with van der Waals surface area (Å²) in [6.45, 7) is 0.401. The number of nitrogens with two attached hydrogens (primary N) is 1. The molecule has 1 rings (SSSR count). The predicted octanol–water partition coefficient (Wildman–Crippen LogP) is 1.32. The fraction of sp³-hybridized carbons (Fsp3) is 0.333. The van der Waals surface area contributed by atoms with Gasteiger partial charge in [-0.1, -0.05) is 24.4 Å². The Morgan fingerprint density at radius 1 is 1.47 bits per heavy atom. The molecule has 0 aromatic heterocycles. The van der Waals surface area contributed by atoms with E-state index >= 15 is 0 Å². The molecule has 0 saturated heterocycles. The Morgan fingerprint density at radius 2 is 2.12 bits per heavy atom. The van der Waals surface area contributed by atoms with E-state index in [1.165, 1.54) is 0 Å². The number of benzene rings is 1. The Bertz CT molecular complexity index is 421. The minimum atomic E-state index is -0.0319. The van der Waals surface area contributed by atoms with Gasteiger partial charge >= 0.3 is 0 Å². The Kier molecular flexibility index (Phi) is 5.06. The van der Waals surface area contributed by atoms with E-state index in [0.717, 1.165) is 5.69 Å². The summed E-state index contributed by atoms with van der Waals surface area (Å²) in [6, 6.07) is 7.31. The summed E-state index contributed by atoms with van der Waals surface area (Å²) in [5.74, 6) is -0.0319. The molecule has 0 aliphatic heterocycles. The first-order valence-electron chi connectivity index (χ1n) is 5.22. The van der Waals surface area contributed by atoms with Gasteiger partial charge in [0.05, 0.1) is 18.7 Å². The largest absolute Gasteiger partial charge is 0.389 e. The second kappa shape index (κ2) is 6.32. The average molecular weight is 252 g/mol. The molecule has 0 fully saturated rings. The number of nitrogens with zero attached hydrogens (tertiary/aromatic N) is 1. The summed E-state index contributed by atoms with van der Waals surface area (Å²) in [6.07, 6.45) is 0.332. The SMILES string of the molecule is COCCC(=O)N(C)c1ccccc1C(N)=S. The minimum Gasteiger partial charge on any atom is -0.389 e. The topological polar surface area (TPSA) is 55.6 Å². The molecule has 0 aliphatic carbocycles. The average Bonchev–Trinajstić information content (AvgIpc) is 2.34. The van der Waals surface area contributed by atoms with E-state index in [-0.39, 0.29) is 10.9 Å². The number of amides is 1. The molecule has 17 heavy (non-hydrogen) atoms. The number of thiocarbonyl (C=S) groups is 1. The molecule has 1 aromatic carbocycles. The molecular weight excluding hydrogens is 236 g/mol. The summed E-state index contributed by atoms with van der Waals surface area (Å²) in [7, 11) is 3.27. The highest BCUT2D eigenvalue weighted by molar-refractivity contribution is 7.80. The lowest BCUT2D eigenvalue weighted by Gasteiger charge is -2.20. The van der Waals surface area contributed by atoms with Crippen molar-refractivity contribution >= 4 is 28.8 Å². The van der Waals surface area contributed by atoms with E-state index in [1.54, 1.807) is 25.1 Å². The Morgan fingerprint density at radius 3 is 2.71 bits per heavy atom. The smallest absolute Gasteiger partial charge is 0.229 e. The van der Waals surface area contributed by atoms with Gasteiger partial charge in [0.25, 0.3) is 0 Å². The van der Waals surface area contributed by atoms with Crippen LogP contribution in [0.3, 0.4) is 0 Å². The number of hydrogen-bond donors (Lipinski definition) is 1. The second-order valence-corrected chi connectivity index (χ2v) is 4.02. The zero-order chi connectivity index (χ0) is 12.8. The van der Waals surface area contributed by atoms with Gasteiger partial charge in [-0.15, -0.1) is 0 Å². The molecule has 0 radical (unpaired) electrons. The first-order valence-corrected chi connectivity index (χ1v) is 5.63. The molecule has 1 aromatic rings. The maximum absolute atomic E-state index is 11.8. The quantitative estimate of drug-likeness (QED) is 0.803. The Balaban J connectivity index is 2.91. The lowest BCUT2D eigenvalue weighted by molar-refractivity contribution is -0.119. The van der Waals surface area contributed by atoms with Crippen molar-refractivity contribution in [1.29, 1.82) is 0 Å². The summed E-state index contributed by atoms with van der Waals surface area (Å²) < 4.78 is 4.88. The van der Waals surface area contributed by atoms with Crippen molar-refractivity contribution in [2.24, 2.45) is 5.73 Å². The van der Waals surface area contributed by atoms with Crippen LogP contribution in [0.15, 0.2) is 24.3 Å². The second-order valence-electron chi connectivity index (χ2n) is 3.58. The van der Waals surface area contributed by atoms with Crippen LogP contribution in [0, 0.1) is 0 Å². The number of methoxy groups -OCH3 is 1. The maximum atomic E-state index is 11.8. The molecule has 4 nitrogen and oxygen atoms in total. The summed E-state index contributed by atoms with van der Waals surface area (Å²) >= 11 is 4.96. The third-order valence-electron chi connectivity index (χ3n) is 2.43. The fourth-order valence-corrected chi connectivity index (χ4v) is 1.64. The third-order valence-corrected chi connectivity index (χ3v) is 2.64. The molecular formula is C12H16N2O2S. The number of hydrogen-bond acceptors (Lipinski definition) is 3. The zero-order valence-electron chi connectivity index (χ0n) is 9.97. The van der Waals surface area contributed by atoms with Crippen molar-refractivity contribution in [3.63, 3.8) is 0 Å². The van der Waals surface area contributed by atoms with E-state index in [9.17, 15) is 4.79 Å². The van der Waals surface area contributed by atoms with Crippen molar-refractivity contribution in [3.8, 4) is 0 Å². The van der Waals surface area contributed by atoms with Gasteiger partial charge in [-0.05, 0) is 12.1 Å². The monoisotopic (exact) mass is 252 g/mol. The highest BCUT2D eigenvalue weighted by Crippen LogP contribution is 2.19. The molecule has 0 bridgehead atoms. The Labute approximate surface area is 106 Å². The number of carbonyl (C=O) groups is 1. The van der Waals surface area contributed by atoms with Crippen molar-refractivity contribution in [1.82, 2.24) is 0 Å². The van der Waals surface area contributed by atoms with Gasteiger partial charge in [-0.2, -0.15) is 0 Å².